The Labute approximate surface area is 120 Å². The van der Waals surface area contributed by atoms with Gasteiger partial charge in [0.2, 0.25) is 0 Å². The minimum Gasteiger partial charge on any atom is -0.379 e. The first-order valence-corrected chi connectivity index (χ1v) is 7.05. The van der Waals surface area contributed by atoms with Crippen molar-refractivity contribution in [1.82, 2.24) is 5.32 Å². The van der Waals surface area contributed by atoms with Crippen molar-refractivity contribution < 1.29 is 4.79 Å². The lowest BCUT2D eigenvalue weighted by Gasteiger charge is -2.27. The molecule has 1 aromatic rings. The summed E-state index contributed by atoms with van der Waals surface area (Å²) in [7, 11) is 0. The molecule has 0 spiro atoms. The predicted octanol–water partition coefficient (Wildman–Crippen LogP) is 4.00. The molecule has 19 heavy (non-hydrogen) atoms. The Hall–Kier alpha value is -1.22. The van der Waals surface area contributed by atoms with Crippen LogP contribution in [0.1, 0.15) is 50.0 Å². The Morgan fingerprint density at radius 1 is 1.32 bits per heavy atom. The number of hydrogen-bond acceptors (Lipinski definition) is 2. The smallest absolute Gasteiger partial charge is 0.254 e. The molecule has 4 heteroatoms. The van der Waals surface area contributed by atoms with Crippen molar-refractivity contribution in [3.8, 4) is 0 Å². The van der Waals surface area contributed by atoms with Gasteiger partial charge >= 0.3 is 0 Å². The maximum absolute atomic E-state index is 12.2. The summed E-state index contributed by atoms with van der Waals surface area (Å²) in [6, 6.07) is 3.85. The van der Waals surface area contributed by atoms with Crippen molar-refractivity contribution in [2.45, 2.75) is 46.6 Å². The lowest BCUT2D eigenvalue weighted by Crippen LogP contribution is -2.32. The molecular formula is C15H23ClN2O. The van der Waals surface area contributed by atoms with Crippen LogP contribution in [0.3, 0.4) is 0 Å². The quantitative estimate of drug-likeness (QED) is 0.857. The van der Waals surface area contributed by atoms with E-state index in [1.807, 2.05) is 26.0 Å². The molecule has 1 amide bonds. The third kappa shape index (κ3) is 3.87. The number of hydrogen-bond donors (Lipinski definition) is 2. The zero-order valence-corrected chi connectivity index (χ0v) is 13.1. The Morgan fingerprint density at radius 2 is 1.95 bits per heavy atom. The van der Waals surface area contributed by atoms with Gasteiger partial charge in [-0.15, -0.1) is 0 Å². The van der Waals surface area contributed by atoms with Crippen LogP contribution in [0.2, 0.25) is 5.02 Å². The molecule has 1 aromatic carbocycles. The summed E-state index contributed by atoms with van der Waals surface area (Å²) in [4.78, 5) is 12.2. The van der Waals surface area contributed by atoms with E-state index in [2.05, 4.69) is 31.4 Å². The van der Waals surface area contributed by atoms with Gasteiger partial charge in [-0.1, -0.05) is 24.6 Å². The Bertz CT molecular complexity index is 469. The van der Waals surface area contributed by atoms with Gasteiger partial charge in [0.15, 0.2) is 0 Å². The van der Waals surface area contributed by atoms with E-state index in [9.17, 15) is 4.79 Å². The van der Waals surface area contributed by atoms with Crippen molar-refractivity contribution in [2.75, 3.05) is 11.9 Å². The summed E-state index contributed by atoms with van der Waals surface area (Å²) < 4.78 is 0. The fourth-order valence-electron chi connectivity index (χ4n) is 1.71. The molecule has 0 aliphatic carbocycles. The number of halogens is 1. The molecule has 0 aliphatic rings. The third-order valence-corrected chi connectivity index (χ3v) is 3.74. The van der Waals surface area contributed by atoms with Crippen molar-refractivity contribution in [3.05, 3.63) is 28.3 Å². The van der Waals surface area contributed by atoms with Gasteiger partial charge in [-0.05, 0) is 45.7 Å². The molecule has 0 heterocycles. The summed E-state index contributed by atoms with van der Waals surface area (Å²) >= 11 is 6.30. The normalized spacial score (nSPS) is 11.3. The molecule has 0 radical (unpaired) electrons. The second-order valence-corrected chi connectivity index (χ2v) is 5.72. The largest absolute Gasteiger partial charge is 0.379 e. The lowest BCUT2D eigenvalue weighted by molar-refractivity contribution is 0.0956. The first-order valence-electron chi connectivity index (χ1n) is 6.68. The number of rotatable bonds is 5. The molecule has 0 fully saturated rings. The second kappa shape index (κ2) is 6.29. The molecule has 0 aromatic heterocycles. The standard InChI is InChI=1S/C15H23ClN2O/c1-6-15(4,5)18-11-9-8-10(3)13(16)12(11)14(19)17-7-2/h8-9,18H,6-7H2,1-5H3,(H,17,19). The van der Waals surface area contributed by atoms with Gasteiger partial charge < -0.3 is 10.6 Å². The van der Waals surface area contributed by atoms with Crippen LogP contribution in [0.25, 0.3) is 0 Å². The fraction of sp³-hybridized carbons (Fsp3) is 0.533. The average molecular weight is 283 g/mol. The summed E-state index contributed by atoms with van der Waals surface area (Å²) in [5.74, 6) is -0.134. The molecule has 0 saturated heterocycles. The maximum atomic E-state index is 12.2. The molecule has 2 N–H and O–H groups in total. The molecule has 3 nitrogen and oxygen atoms in total. The van der Waals surface area contributed by atoms with Gasteiger partial charge in [0.25, 0.3) is 5.91 Å². The Morgan fingerprint density at radius 3 is 2.47 bits per heavy atom. The number of aryl methyl sites for hydroxylation is 1. The number of carbonyl (C=O) groups excluding carboxylic acids is 1. The van der Waals surface area contributed by atoms with Crippen LogP contribution in [-0.4, -0.2) is 18.0 Å². The zero-order chi connectivity index (χ0) is 14.6. The Balaban J connectivity index is 3.24. The van der Waals surface area contributed by atoms with E-state index in [0.29, 0.717) is 17.1 Å². The molecule has 0 bridgehead atoms. The predicted molar refractivity (Wildman–Crippen MR) is 82.2 cm³/mol. The maximum Gasteiger partial charge on any atom is 0.254 e. The van der Waals surface area contributed by atoms with E-state index in [1.54, 1.807) is 0 Å². The molecule has 0 saturated carbocycles. The number of carbonyl (C=O) groups is 1. The monoisotopic (exact) mass is 282 g/mol. The molecule has 106 valence electrons. The van der Waals surface area contributed by atoms with Crippen molar-refractivity contribution >= 4 is 23.2 Å². The fourth-order valence-corrected chi connectivity index (χ4v) is 1.96. The summed E-state index contributed by atoms with van der Waals surface area (Å²) in [6.07, 6.45) is 0.952. The first kappa shape index (κ1) is 15.8. The van der Waals surface area contributed by atoms with Crippen LogP contribution in [0, 0.1) is 6.92 Å². The highest BCUT2D eigenvalue weighted by Gasteiger charge is 2.21. The lowest BCUT2D eigenvalue weighted by atomic mass is 9.99. The average Bonchev–Trinajstić information content (AvgIpc) is 2.34. The first-order chi connectivity index (χ1) is 8.82. The van der Waals surface area contributed by atoms with Crippen LogP contribution in [0.15, 0.2) is 12.1 Å². The number of amides is 1. The summed E-state index contributed by atoms with van der Waals surface area (Å²) in [5, 5.41) is 6.73. The van der Waals surface area contributed by atoms with Crippen LogP contribution < -0.4 is 10.6 Å². The van der Waals surface area contributed by atoms with Gasteiger partial charge in [-0.25, -0.2) is 0 Å². The van der Waals surface area contributed by atoms with E-state index in [-0.39, 0.29) is 11.4 Å². The molecule has 0 atom stereocenters. The van der Waals surface area contributed by atoms with Gasteiger partial charge in [0.05, 0.1) is 10.6 Å². The van der Waals surface area contributed by atoms with Crippen LogP contribution in [-0.2, 0) is 0 Å². The number of benzene rings is 1. The van der Waals surface area contributed by atoms with Crippen molar-refractivity contribution in [2.24, 2.45) is 0 Å². The molecule has 0 unspecified atom stereocenters. The zero-order valence-electron chi connectivity index (χ0n) is 12.4. The van der Waals surface area contributed by atoms with Gasteiger partial charge in [0.1, 0.15) is 0 Å². The van der Waals surface area contributed by atoms with E-state index in [1.165, 1.54) is 0 Å². The van der Waals surface area contributed by atoms with Crippen LogP contribution in [0.4, 0.5) is 5.69 Å². The van der Waals surface area contributed by atoms with E-state index in [4.69, 9.17) is 11.6 Å². The molecule has 0 aliphatic heterocycles. The van der Waals surface area contributed by atoms with Gasteiger partial charge in [-0.2, -0.15) is 0 Å². The van der Waals surface area contributed by atoms with E-state index in [0.717, 1.165) is 17.7 Å². The highest BCUT2D eigenvalue weighted by Crippen LogP contribution is 2.30. The summed E-state index contributed by atoms with van der Waals surface area (Å²) in [6.45, 7) is 10.7. The minimum absolute atomic E-state index is 0.0835. The Kier molecular flexibility index (Phi) is 5.24. The van der Waals surface area contributed by atoms with E-state index < -0.39 is 0 Å². The van der Waals surface area contributed by atoms with Gasteiger partial charge in [-0.3, -0.25) is 4.79 Å². The molecule has 1 rings (SSSR count). The van der Waals surface area contributed by atoms with E-state index >= 15 is 0 Å². The highest BCUT2D eigenvalue weighted by atomic mass is 35.5. The van der Waals surface area contributed by atoms with Crippen molar-refractivity contribution in [3.63, 3.8) is 0 Å². The topological polar surface area (TPSA) is 41.1 Å². The minimum atomic E-state index is -0.134. The third-order valence-electron chi connectivity index (χ3n) is 3.26. The van der Waals surface area contributed by atoms with Crippen LogP contribution in [0.5, 0.6) is 0 Å². The summed E-state index contributed by atoms with van der Waals surface area (Å²) in [5.41, 5.74) is 2.14. The van der Waals surface area contributed by atoms with Crippen molar-refractivity contribution in [1.29, 1.82) is 0 Å². The SMILES string of the molecule is CCNC(=O)c1c(NC(C)(C)CC)ccc(C)c1Cl. The number of anilines is 1. The second-order valence-electron chi connectivity index (χ2n) is 5.34. The molecular weight excluding hydrogens is 260 g/mol. The van der Waals surface area contributed by atoms with Gasteiger partial charge in [0, 0.05) is 17.8 Å². The highest BCUT2D eigenvalue weighted by molar-refractivity contribution is 6.35. The number of nitrogens with one attached hydrogen (secondary N) is 2. The van der Waals surface area contributed by atoms with Crippen LogP contribution >= 0.6 is 11.6 Å².